The van der Waals surface area contributed by atoms with E-state index in [1.165, 1.54) is 18.2 Å². The van der Waals surface area contributed by atoms with E-state index in [1.54, 1.807) is 13.0 Å². The van der Waals surface area contributed by atoms with Gasteiger partial charge in [0.1, 0.15) is 23.3 Å². The highest BCUT2D eigenvalue weighted by atomic mass is 79.9. The van der Waals surface area contributed by atoms with Gasteiger partial charge in [0.2, 0.25) is 0 Å². The molecule has 1 heterocycles. The molecule has 90 valence electrons. The smallest absolute Gasteiger partial charge is 0.323 e. The van der Waals surface area contributed by atoms with Gasteiger partial charge in [-0.15, -0.1) is 0 Å². The number of nitriles is 1. The Balaban J connectivity index is 2.31. The number of rotatable bonds is 2. The van der Waals surface area contributed by atoms with Crippen LogP contribution in [0.5, 0.6) is 11.8 Å². The normalized spacial score (nSPS) is 9.89. The molecule has 1 aromatic carbocycles. The first-order chi connectivity index (χ1) is 8.58. The SMILES string of the molecule is Cc1cc(C#N)nc(Oc2ccc(Br)c(F)c2)n1. The predicted octanol–water partition coefficient (Wildman–Crippen LogP) is 3.35. The van der Waals surface area contributed by atoms with Crippen molar-refractivity contribution < 1.29 is 9.13 Å². The summed E-state index contributed by atoms with van der Waals surface area (Å²) in [4.78, 5) is 7.88. The number of aryl methyl sites for hydroxylation is 1. The van der Waals surface area contributed by atoms with Gasteiger partial charge in [0.05, 0.1) is 4.47 Å². The molecular formula is C12H7BrFN3O. The number of aromatic nitrogens is 2. The Bertz CT molecular complexity index is 640. The molecule has 0 fully saturated rings. The Kier molecular flexibility index (Phi) is 3.53. The molecule has 0 spiro atoms. The topological polar surface area (TPSA) is 58.8 Å². The van der Waals surface area contributed by atoms with E-state index in [2.05, 4.69) is 25.9 Å². The second kappa shape index (κ2) is 5.10. The van der Waals surface area contributed by atoms with Gasteiger partial charge in [-0.2, -0.15) is 10.2 Å². The van der Waals surface area contributed by atoms with E-state index in [-0.39, 0.29) is 17.5 Å². The van der Waals surface area contributed by atoms with E-state index < -0.39 is 5.82 Å². The number of halogens is 2. The summed E-state index contributed by atoms with van der Waals surface area (Å²) in [6, 6.07) is 7.76. The third kappa shape index (κ3) is 2.81. The fourth-order valence-electron chi connectivity index (χ4n) is 1.29. The molecule has 0 atom stereocenters. The molecule has 0 saturated carbocycles. The van der Waals surface area contributed by atoms with Crippen molar-refractivity contribution in [2.45, 2.75) is 6.92 Å². The van der Waals surface area contributed by atoms with Gasteiger partial charge in [0.25, 0.3) is 0 Å². The van der Waals surface area contributed by atoms with E-state index >= 15 is 0 Å². The maximum absolute atomic E-state index is 13.3. The van der Waals surface area contributed by atoms with Crippen molar-refractivity contribution in [3.63, 3.8) is 0 Å². The molecule has 0 radical (unpaired) electrons. The highest BCUT2D eigenvalue weighted by Crippen LogP contribution is 2.24. The van der Waals surface area contributed by atoms with Crippen LogP contribution >= 0.6 is 15.9 Å². The van der Waals surface area contributed by atoms with Crippen LogP contribution in [0.3, 0.4) is 0 Å². The van der Waals surface area contributed by atoms with Crippen LogP contribution in [0.1, 0.15) is 11.4 Å². The number of benzene rings is 1. The average Bonchev–Trinajstić information content (AvgIpc) is 2.33. The molecule has 0 aliphatic carbocycles. The van der Waals surface area contributed by atoms with Crippen molar-refractivity contribution in [1.29, 1.82) is 5.26 Å². The summed E-state index contributed by atoms with van der Waals surface area (Å²) >= 11 is 3.04. The van der Waals surface area contributed by atoms with Crippen molar-refractivity contribution in [1.82, 2.24) is 9.97 Å². The zero-order chi connectivity index (χ0) is 13.1. The average molecular weight is 308 g/mol. The molecule has 0 aliphatic heterocycles. The van der Waals surface area contributed by atoms with Gasteiger partial charge in [0.15, 0.2) is 0 Å². The summed E-state index contributed by atoms with van der Waals surface area (Å²) in [5, 5.41) is 8.77. The Morgan fingerprint density at radius 2 is 2.11 bits per heavy atom. The quantitative estimate of drug-likeness (QED) is 0.853. The lowest BCUT2D eigenvalue weighted by atomic mass is 10.3. The van der Waals surface area contributed by atoms with Crippen LogP contribution in [-0.2, 0) is 0 Å². The summed E-state index contributed by atoms with van der Waals surface area (Å²) in [7, 11) is 0. The monoisotopic (exact) mass is 307 g/mol. The van der Waals surface area contributed by atoms with E-state index in [0.717, 1.165) is 0 Å². The lowest BCUT2D eigenvalue weighted by Gasteiger charge is -2.05. The molecule has 18 heavy (non-hydrogen) atoms. The maximum Gasteiger partial charge on any atom is 0.323 e. The first kappa shape index (κ1) is 12.5. The van der Waals surface area contributed by atoms with Crippen molar-refractivity contribution in [3.8, 4) is 17.8 Å². The number of nitrogens with zero attached hydrogens (tertiary/aromatic N) is 3. The van der Waals surface area contributed by atoms with E-state index in [9.17, 15) is 4.39 Å². The second-order valence-electron chi connectivity index (χ2n) is 3.47. The van der Waals surface area contributed by atoms with Gasteiger partial charge in [-0.25, -0.2) is 9.37 Å². The molecule has 0 unspecified atom stereocenters. The largest absolute Gasteiger partial charge is 0.424 e. The first-order valence-corrected chi connectivity index (χ1v) is 5.76. The van der Waals surface area contributed by atoms with Crippen LogP contribution in [0.4, 0.5) is 4.39 Å². The highest BCUT2D eigenvalue weighted by Gasteiger charge is 2.06. The molecule has 0 N–H and O–H groups in total. The molecule has 1 aromatic heterocycles. The van der Waals surface area contributed by atoms with Gasteiger partial charge < -0.3 is 4.74 Å². The molecular weight excluding hydrogens is 301 g/mol. The lowest BCUT2D eigenvalue weighted by Crippen LogP contribution is -1.96. The van der Waals surface area contributed by atoms with Crippen molar-refractivity contribution in [2.24, 2.45) is 0 Å². The molecule has 0 saturated heterocycles. The van der Waals surface area contributed by atoms with Gasteiger partial charge in [-0.3, -0.25) is 0 Å². The Morgan fingerprint density at radius 3 is 2.78 bits per heavy atom. The minimum Gasteiger partial charge on any atom is -0.424 e. The molecule has 0 bridgehead atoms. The molecule has 0 aliphatic rings. The second-order valence-corrected chi connectivity index (χ2v) is 4.32. The molecule has 4 nitrogen and oxygen atoms in total. The van der Waals surface area contributed by atoms with Crippen LogP contribution < -0.4 is 4.74 Å². The molecule has 2 rings (SSSR count). The van der Waals surface area contributed by atoms with Crippen LogP contribution in [0, 0.1) is 24.1 Å². The molecule has 6 heteroatoms. The van der Waals surface area contributed by atoms with Crippen LogP contribution in [0.25, 0.3) is 0 Å². The summed E-state index contributed by atoms with van der Waals surface area (Å²) in [6.07, 6.45) is 0. The molecule has 0 amide bonds. The number of hydrogen-bond acceptors (Lipinski definition) is 4. The summed E-state index contributed by atoms with van der Waals surface area (Å²) in [5.74, 6) is -0.175. The summed E-state index contributed by atoms with van der Waals surface area (Å²) in [6.45, 7) is 1.72. The van der Waals surface area contributed by atoms with Gasteiger partial charge in [-0.05, 0) is 41.1 Å². The zero-order valence-electron chi connectivity index (χ0n) is 9.32. The minimum absolute atomic E-state index is 0.0215. The summed E-state index contributed by atoms with van der Waals surface area (Å²) < 4.78 is 18.9. The Hall–Kier alpha value is -2.00. The van der Waals surface area contributed by atoms with E-state index in [0.29, 0.717) is 10.2 Å². The Morgan fingerprint density at radius 1 is 1.33 bits per heavy atom. The number of hydrogen-bond donors (Lipinski definition) is 0. The van der Waals surface area contributed by atoms with Crippen LogP contribution in [0.15, 0.2) is 28.7 Å². The first-order valence-electron chi connectivity index (χ1n) is 4.97. The van der Waals surface area contributed by atoms with Gasteiger partial charge in [0, 0.05) is 11.8 Å². The lowest BCUT2D eigenvalue weighted by molar-refractivity contribution is 0.435. The standard InChI is InChI=1S/C12H7BrFN3O/c1-7-4-8(6-15)17-12(16-7)18-9-2-3-10(13)11(14)5-9/h2-5H,1H3. The van der Waals surface area contributed by atoms with Crippen molar-refractivity contribution in [3.05, 3.63) is 45.9 Å². The van der Waals surface area contributed by atoms with Crippen molar-refractivity contribution >= 4 is 15.9 Å². The third-order valence-electron chi connectivity index (χ3n) is 2.05. The predicted molar refractivity (Wildman–Crippen MR) is 65.7 cm³/mol. The van der Waals surface area contributed by atoms with Crippen LogP contribution in [0.2, 0.25) is 0 Å². The zero-order valence-corrected chi connectivity index (χ0v) is 10.9. The van der Waals surface area contributed by atoms with Crippen molar-refractivity contribution in [2.75, 3.05) is 0 Å². The fraction of sp³-hybridized carbons (Fsp3) is 0.0833. The van der Waals surface area contributed by atoms with Crippen LogP contribution in [-0.4, -0.2) is 9.97 Å². The highest BCUT2D eigenvalue weighted by molar-refractivity contribution is 9.10. The maximum atomic E-state index is 13.3. The fourth-order valence-corrected chi connectivity index (χ4v) is 1.54. The number of ether oxygens (including phenoxy) is 1. The minimum atomic E-state index is -0.444. The Labute approximate surface area is 111 Å². The van der Waals surface area contributed by atoms with Gasteiger partial charge in [-0.1, -0.05) is 0 Å². The van der Waals surface area contributed by atoms with E-state index in [1.807, 2.05) is 6.07 Å². The third-order valence-corrected chi connectivity index (χ3v) is 2.69. The molecule has 2 aromatic rings. The van der Waals surface area contributed by atoms with E-state index in [4.69, 9.17) is 10.00 Å². The summed E-state index contributed by atoms with van der Waals surface area (Å²) in [5.41, 5.74) is 0.809. The van der Waals surface area contributed by atoms with Gasteiger partial charge >= 0.3 is 6.01 Å².